The second-order valence-corrected chi connectivity index (χ2v) is 7.20. The van der Waals surface area contributed by atoms with E-state index in [-0.39, 0.29) is 24.0 Å². The molecule has 0 aromatic heterocycles. The first-order valence-electron chi connectivity index (χ1n) is 9.44. The van der Waals surface area contributed by atoms with Crippen LogP contribution in [0.25, 0.3) is 0 Å². The number of guanidine groups is 1. The zero-order valence-electron chi connectivity index (χ0n) is 15.6. The number of ether oxygens (including phenoxy) is 1. The predicted octanol–water partition coefficient (Wildman–Crippen LogP) is 2.85. The number of hydrogen-bond donors (Lipinski definition) is 2. The van der Waals surface area contributed by atoms with E-state index in [0.29, 0.717) is 5.41 Å². The minimum atomic E-state index is 0. The average molecular weight is 452 g/mol. The maximum Gasteiger partial charge on any atom is 0.191 e. The molecule has 0 bridgehead atoms. The molecule has 2 N–H and O–H groups in total. The molecular formula is C18H37IN4O. The maximum atomic E-state index is 5.31. The van der Waals surface area contributed by atoms with E-state index in [1.807, 2.05) is 7.05 Å². The number of nitrogens with one attached hydrogen (secondary N) is 2. The molecule has 24 heavy (non-hydrogen) atoms. The van der Waals surface area contributed by atoms with E-state index in [1.165, 1.54) is 58.0 Å². The zero-order chi connectivity index (χ0) is 16.4. The first-order valence-corrected chi connectivity index (χ1v) is 9.44. The molecule has 2 fully saturated rings. The van der Waals surface area contributed by atoms with Gasteiger partial charge in [-0.2, -0.15) is 0 Å². The molecule has 0 amide bonds. The molecule has 2 rings (SSSR count). The van der Waals surface area contributed by atoms with Crippen LogP contribution in [0.2, 0.25) is 0 Å². The van der Waals surface area contributed by atoms with Crippen LogP contribution in [0.1, 0.15) is 51.4 Å². The number of aliphatic imine (C=N–C) groups is 1. The fraction of sp³-hybridized carbons (Fsp3) is 0.944. The second kappa shape index (κ2) is 12.3. The van der Waals surface area contributed by atoms with Gasteiger partial charge in [-0.1, -0.05) is 19.3 Å². The summed E-state index contributed by atoms with van der Waals surface area (Å²) in [5.41, 5.74) is 0.403. The fourth-order valence-electron chi connectivity index (χ4n) is 3.97. The average Bonchev–Trinajstić information content (AvgIpc) is 3.06. The minimum absolute atomic E-state index is 0. The van der Waals surface area contributed by atoms with Crippen LogP contribution in [-0.2, 0) is 4.74 Å². The van der Waals surface area contributed by atoms with E-state index in [1.54, 1.807) is 7.11 Å². The van der Waals surface area contributed by atoms with Gasteiger partial charge in [-0.15, -0.1) is 24.0 Å². The molecule has 0 spiro atoms. The Labute approximate surface area is 165 Å². The molecule has 1 aliphatic heterocycles. The Morgan fingerprint density at radius 1 is 1.08 bits per heavy atom. The largest absolute Gasteiger partial charge is 0.385 e. The molecule has 6 heteroatoms. The highest BCUT2D eigenvalue weighted by Gasteiger charge is 2.33. The zero-order valence-corrected chi connectivity index (χ0v) is 17.9. The molecule has 2 aliphatic rings. The van der Waals surface area contributed by atoms with Crippen molar-refractivity contribution < 1.29 is 4.74 Å². The van der Waals surface area contributed by atoms with Crippen molar-refractivity contribution in [1.82, 2.24) is 15.5 Å². The van der Waals surface area contributed by atoms with E-state index >= 15 is 0 Å². The molecule has 0 aromatic rings. The van der Waals surface area contributed by atoms with E-state index in [0.717, 1.165) is 38.6 Å². The van der Waals surface area contributed by atoms with E-state index in [2.05, 4.69) is 20.5 Å². The second-order valence-electron chi connectivity index (χ2n) is 7.20. The molecular weight excluding hydrogens is 415 g/mol. The van der Waals surface area contributed by atoms with E-state index in [9.17, 15) is 0 Å². The maximum absolute atomic E-state index is 5.31. The molecule has 1 heterocycles. The van der Waals surface area contributed by atoms with Crippen LogP contribution in [0.5, 0.6) is 0 Å². The summed E-state index contributed by atoms with van der Waals surface area (Å²) in [6.07, 6.45) is 10.6. The van der Waals surface area contributed by atoms with Gasteiger partial charge in [0.25, 0.3) is 0 Å². The van der Waals surface area contributed by atoms with Crippen molar-refractivity contribution in [3.63, 3.8) is 0 Å². The van der Waals surface area contributed by atoms with Crippen molar-refractivity contribution in [2.45, 2.75) is 51.4 Å². The Bertz CT molecular complexity index is 353. The van der Waals surface area contributed by atoms with Gasteiger partial charge in [0, 0.05) is 40.4 Å². The van der Waals surface area contributed by atoms with Crippen molar-refractivity contribution in [3.8, 4) is 0 Å². The fourth-order valence-corrected chi connectivity index (χ4v) is 3.97. The van der Waals surface area contributed by atoms with Crippen molar-refractivity contribution in [1.29, 1.82) is 0 Å². The number of likely N-dealkylation sites (tertiary alicyclic amines) is 1. The van der Waals surface area contributed by atoms with Crippen LogP contribution in [0.3, 0.4) is 0 Å². The highest BCUT2D eigenvalue weighted by Crippen LogP contribution is 2.40. The topological polar surface area (TPSA) is 48.9 Å². The summed E-state index contributed by atoms with van der Waals surface area (Å²) in [4.78, 5) is 6.94. The summed E-state index contributed by atoms with van der Waals surface area (Å²) in [6.45, 7) is 6.49. The summed E-state index contributed by atoms with van der Waals surface area (Å²) in [5, 5.41) is 7.04. The lowest BCUT2D eigenvalue weighted by Crippen LogP contribution is -2.46. The SMILES string of the molecule is CN=C(NCCN1CCCCC1)NCC1(CCOC)CCCC1.I. The Morgan fingerprint density at radius 3 is 2.42 bits per heavy atom. The summed E-state index contributed by atoms with van der Waals surface area (Å²) in [5.74, 6) is 0.950. The number of piperidine rings is 1. The van der Waals surface area contributed by atoms with Gasteiger partial charge in [-0.3, -0.25) is 4.99 Å². The third kappa shape index (κ3) is 7.44. The molecule has 0 atom stereocenters. The summed E-state index contributed by atoms with van der Waals surface area (Å²) in [7, 11) is 3.67. The Kier molecular flexibility index (Phi) is 11.3. The summed E-state index contributed by atoms with van der Waals surface area (Å²) < 4.78 is 5.31. The monoisotopic (exact) mass is 452 g/mol. The van der Waals surface area contributed by atoms with Gasteiger partial charge in [0.05, 0.1) is 0 Å². The van der Waals surface area contributed by atoms with Crippen LogP contribution >= 0.6 is 24.0 Å². The van der Waals surface area contributed by atoms with Crippen LogP contribution in [0.4, 0.5) is 0 Å². The first-order chi connectivity index (χ1) is 11.3. The minimum Gasteiger partial charge on any atom is -0.385 e. The smallest absolute Gasteiger partial charge is 0.191 e. The van der Waals surface area contributed by atoms with E-state index < -0.39 is 0 Å². The number of methoxy groups -OCH3 is 1. The summed E-state index contributed by atoms with van der Waals surface area (Å²) >= 11 is 0. The highest BCUT2D eigenvalue weighted by molar-refractivity contribution is 14.0. The lowest BCUT2D eigenvalue weighted by atomic mass is 9.83. The molecule has 1 saturated carbocycles. The number of nitrogens with zero attached hydrogens (tertiary/aromatic N) is 2. The number of hydrogen-bond acceptors (Lipinski definition) is 3. The molecule has 0 unspecified atom stereocenters. The van der Waals surface area contributed by atoms with Crippen molar-refractivity contribution >= 4 is 29.9 Å². The van der Waals surface area contributed by atoms with Gasteiger partial charge in [-0.05, 0) is 50.6 Å². The van der Waals surface area contributed by atoms with Crippen molar-refractivity contribution in [2.75, 3.05) is 53.5 Å². The van der Waals surface area contributed by atoms with Gasteiger partial charge in [0.15, 0.2) is 5.96 Å². The lowest BCUT2D eigenvalue weighted by Gasteiger charge is -2.30. The van der Waals surface area contributed by atoms with Gasteiger partial charge in [0.2, 0.25) is 0 Å². The van der Waals surface area contributed by atoms with Crippen LogP contribution in [-0.4, -0.2) is 64.3 Å². The molecule has 0 radical (unpaired) electrons. The molecule has 5 nitrogen and oxygen atoms in total. The Balaban J connectivity index is 0.00000288. The number of rotatable bonds is 8. The predicted molar refractivity (Wildman–Crippen MR) is 112 cm³/mol. The normalized spacial score (nSPS) is 21.3. The molecule has 0 aromatic carbocycles. The van der Waals surface area contributed by atoms with Crippen molar-refractivity contribution in [3.05, 3.63) is 0 Å². The standard InChI is InChI=1S/C18H36N4O.HI/c1-19-17(20-11-14-22-12-6-3-7-13-22)21-16-18(10-15-23-2)8-4-5-9-18;/h3-16H2,1-2H3,(H2,19,20,21);1H. The first kappa shape index (κ1) is 22.0. The van der Waals surface area contributed by atoms with Crippen molar-refractivity contribution in [2.24, 2.45) is 10.4 Å². The molecule has 1 aliphatic carbocycles. The third-order valence-electron chi connectivity index (χ3n) is 5.52. The highest BCUT2D eigenvalue weighted by atomic mass is 127. The lowest BCUT2D eigenvalue weighted by molar-refractivity contribution is 0.138. The van der Waals surface area contributed by atoms with Crippen LogP contribution in [0, 0.1) is 5.41 Å². The quantitative estimate of drug-likeness (QED) is 0.338. The van der Waals surface area contributed by atoms with Gasteiger partial charge in [-0.25, -0.2) is 0 Å². The van der Waals surface area contributed by atoms with Gasteiger partial charge in [0.1, 0.15) is 0 Å². The van der Waals surface area contributed by atoms with Crippen LogP contribution in [0.15, 0.2) is 4.99 Å². The van der Waals surface area contributed by atoms with E-state index in [4.69, 9.17) is 4.74 Å². The summed E-state index contributed by atoms with van der Waals surface area (Å²) in [6, 6.07) is 0. The third-order valence-corrected chi connectivity index (χ3v) is 5.52. The Hall–Kier alpha value is -0.0800. The number of halogens is 1. The molecule has 1 saturated heterocycles. The van der Waals surface area contributed by atoms with Gasteiger partial charge >= 0.3 is 0 Å². The Morgan fingerprint density at radius 2 is 1.79 bits per heavy atom. The van der Waals surface area contributed by atoms with Crippen LogP contribution < -0.4 is 10.6 Å². The molecule has 142 valence electrons. The van der Waals surface area contributed by atoms with Gasteiger partial charge < -0.3 is 20.3 Å².